The fourth-order valence-electron chi connectivity index (χ4n) is 0.795. The molecule has 0 aromatic carbocycles. The topological polar surface area (TPSA) is 29.5 Å². The summed E-state index contributed by atoms with van der Waals surface area (Å²) in [4.78, 5) is 0.546. The Hall–Kier alpha value is 0.0149. The number of hydrogen-bond acceptors (Lipinski definition) is 2. The van der Waals surface area contributed by atoms with Crippen LogP contribution in [0.2, 0.25) is 0 Å². The van der Waals surface area contributed by atoms with Crippen LogP contribution >= 0.6 is 11.6 Å². The molecule has 0 bridgehead atoms. The number of halogens is 1. The van der Waals surface area contributed by atoms with Crippen LogP contribution in [0.1, 0.15) is 48.5 Å². The molecule has 0 rings (SSSR count). The molecule has 0 fully saturated rings. The molecule has 0 aliphatic heterocycles. The van der Waals surface area contributed by atoms with E-state index in [0.717, 1.165) is 0 Å². The predicted octanol–water partition coefficient (Wildman–Crippen LogP) is 3.30. The zero-order chi connectivity index (χ0) is 13.2. The van der Waals surface area contributed by atoms with E-state index in [9.17, 15) is 5.11 Å². The molecule has 0 aliphatic rings. The highest BCUT2D eigenvalue weighted by Crippen LogP contribution is 2.26. The quantitative estimate of drug-likeness (QED) is 0.770. The van der Waals surface area contributed by atoms with Crippen molar-refractivity contribution in [1.29, 1.82) is 0 Å². The minimum atomic E-state index is -0.928. The third-order valence-corrected chi connectivity index (χ3v) is 2.71. The average molecular weight is 246 g/mol. The Morgan fingerprint density at radius 2 is 1.56 bits per heavy atom. The maximum atomic E-state index is 9.88. The maximum Gasteiger partial charge on any atom is 0.342 e. The van der Waals surface area contributed by atoms with E-state index >= 15 is 0 Å². The van der Waals surface area contributed by atoms with E-state index in [4.69, 9.17) is 16.3 Å². The van der Waals surface area contributed by atoms with Crippen molar-refractivity contribution in [2.75, 3.05) is 0 Å². The van der Waals surface area contributed by atoms with Gasteiger partial charge < -0.3 is 9.76 Å². The van der Waals surface area contributed by atoms with Gasteiger partial charge in [0.25, 0.3) is 0 Å². The van der Waals surface area contributed by atoms with Gasteiger partial charge in [0.05, 0.1) is 11.2 Å². The van der Waals surface area contributed by atoms with Gasteiger partial charge in [-0.3, -0.25) is 0 Å². The summed E-state index contributed by atoms with van der Waals surface area (Å²) in [5.74, 6) is 0. The number of allylic oxidation sites excluding steroid dienone is 1. The number of hydrogen-bond donors (Lipinski definition) is 1. The minimum absolute atomic E-state index is 0.00974. The molecule has 0 aliphatic carbocycles. The molecular formula is C12H23BClO2. The third-order valence-electron chi connectivity index (χ3n) is 2.51. The summed E-state index contributed by atoms with van der Waals surface area (Å²) < 4.78 is 5.53. The first-order valence-corrected chi connectivity index (χ1v) is 5.85. The van der Waals surface area contributed by atoms with Gasteiger partial charge in [0.2, 0.25) is 0 Å². The summed E-state index contributed by atoms with van der Waals surface area (Å²) in [7, 11) is 1.49. The molecule has 0 saturated carbocycles. The monoisotopic (exact) mass is 245 g/mol. The van der Waals surface area contributed by atoms with Crippen molar-refractivity contribution >= 4 is 19.1 Å². The van der Waals surface area contributed by atoms with Gasteiger partial charge in [0, 0.05) is 4.93 Å². The molecular weight excluding hydrogens is 222 g/mol. The standard InChI is InChI=1S/C12H23BClO2/c1-10(2,3)8-9(14)13-16-12(6,7)11(4,5)15/h8,15H,1-7H3/b9-8+. The fourth-order valence-corrected chi connectivity index (χ4v) is 1.17. The van der Waals surface area contributed by atoms with E-state index in [1.54, 1.807) is 13.8 Å². The Morgan fingerprint density at radius 3 is 1.88 bits per heavy atom. The first kappa shape index (κ1) is 16.0. The summed E-state index contributed by atoms with van der Waals surface area (Å²) in [5.41, 5.74) is -1.60. The fraction of sp³-hybridized carbons (Fsp3) is 0.833. The van der Waals surface area contributed by atoms with Crippen LogP contribution in [0.15, 0.2) is 11.0 Å². The van der Waals surface area contributed by atoms with Gasteiger partial charge >= 0.3 is 7.48 Å². The third kappa shape index (κ3) is 5.93. The smallest absolute Gasteiger partial charge is 0.342 e. The maximum absolute atomic E-state index is 9.88. The Morgan fingerprint density at radius 1 is 1.12 bits per heavy atom. The van der Waals surface area contributed by atoms with Crippen LogP contribution < -0.4 is 0 Å². The van der Waals surface area contributed by atoms with Crippen LogP contribution in [-0.4, -0.2) is 23.8 Å². The van der Waals surface area contributed by atoms with Crippen molar-refractivity contribution in [3.05, 3.63) is 11.0 Å². The molecule has 0 unspecified atom stereocenters. The van der Waals surface area contributed by atoms with Crippen LogP contribution in [0.5, 0.6) is 0 Å². The average Bonchev–Trinajstić information content (AvgIpc) is 1.95. The molecule has 0 heterocycles. The molecule has 1 radical (unpaired) electrons. The SMILES string of the molecule is CC(C)(C)/C=C(/Cl)[B]OC(C)(C)C(C)(C)O. The summed E-state index contributed by atoms with van der Waals surface area (Å²) in [6.45, 7) is 13.2. The van der Waals surface area contributed by atoms with Crippen LogP contribution in [0, 0.1) is 5.41 Å². The van der Waals surface area contributed by atoms with Crippen molar-refractivity contribution in [3.8, 4) is 0 Å². The van der Waals surface area contributed by atoms with Crippen LogP contribution in [0.4, 0.5) is 0 Å². The molecule has 0 amide bonds. The Labute approximate surface area is 105 Å². The van der Waals surface area contributed by atoms with Crippen molar-refractivity contribution in [1.82, 2.24) is 0 Å². The van der Waals surface area contributed by atoms with E-state index in [1.165, 1.54) is 7.48 Å². The first-order valence-electron chi connectivity index (χ1n) is 5.47. The lowest BCUT2D eigenvalue weighted by atomic mass is 9.85. The largest absolute Gasteiger partial charge is 0.426 e. The molecule has 4 heteroatoms. The van der Waals surface area contributed by atoms with Gasteiger partial charge in [0.15, 0.2) is 0 Å². The van der Waals surface area contributed by atoms with Gasteiger partial charge in [-0.05, 0) is 33.1 Å². The molecule has 93 valence electrons. The van der Waals surface area contributed by atoms with E-state index in [-0.39, 0.29) is 5.41 Å². The molecule has 0 saturated heterocycles. The second-order valence-corrected chi connectivity index (χ2v) is 6.64. The summed E-state index contributed by atoms with van der Waals surface area (Å²) in [6, 6.07) is 0. The summed E-state index contributed by atoms with van der Waals surface area (Å²) in [6.07, 6.45) is 1.91. The van der Waals surface area contributed by atoms with E-state index in [2.05, 4.69) is 20.8 Å². The molecule has 16 heavy (non-hydrogen) atoms. The zero-order valence-corrected chi connectivity index (χ0v) is 12.1. The van der Waals surface area contributed by atoms with Gasteiger partial charge in [0.1, 0.15) is 0 Å². The minimum Gasteiger partial charge on any atom is -0.426 e. The highest BCUT2D eigenvalue weighted by atomic mass is 35.5. The van der Waals surface area contributed by atoms with E-state index in [0.29, 0.717) is 4.93 Å². The highest BCUT2D eigenvalue weighted by Gasteiger charge is 2.35. The lowest BCUT2D eigenvalue weighted by Gasteiger charge is -2.37. The van der Waals surface area contributed by atoms with Crippen molar-refractivity contribution in [3.63, 3.8) is 0 Å². The van der Waals surface area contributed by atoms with Crippen molar-refractivity contribution in [2.45, 2.75) is 59.7 Å². The molecule has 1 N–H and O–H groups in total. The molecule has 0 spiro atoms. The molecule has 0 aromatic heterocycles. The summed E-state index contributed by atoms with van der Waals surface area (Å²) >= 11 is 6.02. The number of aliphatic hydroxyl groups is 1. The van der Waals surface area contributed by atoms with Gasteiger partial charge in [-0.2, -0.15) is 0 Å². The van der Waals surface area contributed by atoms with Gasteiger partial charge in [-0.25, -0.2) is 0 Å². The highest BCUT2D eigenvalue weighted by molar-refractivity contribution is 6.59. The van der Waals surface area contributed by atoms with Crippen molar-refractivity contribution in [2.24, 2.45) is 5.41 Å². The Bertz CT molecular complexity index is 259. The van der Waals surface area contributed by atoms with E-state index in [1.807, 2.05) is 19.9 Å². The molecule has 0 aromatic rings. The number of rotatable bonds is 4. The van der Waals surface area contributed by atoms with Crippen LogP contribution in [-0.2, 0) is 4.65 Å². The summed E-state index contributed by atoms with van der Waals surface area (Å²) in [5, 5.41) is 9.88. The second kappa shape index (κ2) is 5.11. The van der Waals surface area contributed by atoms with Gasteiger partial charge in [-0.15, -0.1) is 0 Å². The van der Waals surface area contributed by atoms with Crippen LogP contribution in [0.25, 0.3) is 0 Å². The predicted molar refractivity (Wildman–Crippen MR) is 70.6 cm³/mol. The molecule has 0 atom stereocenters. The second-order valence-electron chi connectivity index (χ2n) is 6.20. The lowest BCUT2D eigenvalue weighted by Crippen LogP contribution is -2.48. The Balaban J connectivity index is 4.43. The lowest BCUT2D eigenvalue weighted by molar-refractivity contribution is -0.0895. The van der Waals surface area contributed by atoms with Crippen LogP contribution in [0.3, 0.4) is 0 Å². The molecule has 2 nitrogen and oxygen atoms in total. The van der Waals surface area contributed by atoms with Gasteiger partial charge in [-0.1, -0.05) is 38.4 Å². The van der Waals surface area contributed by atoms with E-state index < -0.39 is 11.2 Å². The Kier molecular flexibility index (Phi) is 5.12. The first-order chi connectivity index (χ1) is 6.85. The zero-order valence-electron chi connectivity index (χ0n) is 11.4. The van der Waals surface area contributed by atoms with Crippen molar-refractivity contribution < 1.29 is 9.76 Å². The normalized spacial score (nSPS) is 15.2.